The van der Waals surface area contributed by atoms with E-state index in [0.29, 0.717) is 0 Å². The van der Waals surface area contributed by atoms with Crippen molar-refractivity contribution in [3.63, 3.8) is 0 Å². The summed E-state index contributed by atoms with van der Waals surface area (Å²) in [5.41, 5.74) is 1.20. The Morgan fingerprint density at radius 1 is 1.07 bits per heavy atom. The average molecular weight is 249 g/mol. The van der Waals surface area contributed by atoms with E-state index >= 15 is 0 Å². The van der Waals surface area contributed by atoms with Crippen LogP contribution in [0.25, 0.3) is 0 Å². The van der Waals surface area contributed by atoms with E-state index in [2.05, 4.69) is 22.0 Å². The lowest BCUT2D eigenvalue weighted by Gasteiger charge is -2.25. The van der Waals surface area contributed by atoms with Gasteiger partial charge in [0.15, 0.2) is 0 Å². The zero-order chi connectivity index (χ0) is 8.93. The van der Waals surface area contributed by atoms with Gasteiger partial charge in [-0.2, -0.15) is 0 Å². The molecule has 0 spiro atoms. The highest BCUT2D eigenvalue weighted by Crippen LogP contribution is 2.11. The summed E-state index contributed by atoms with van der Waals surface area (Å²) < 4.78 is 0. The smallest absolute Gasteiger partial charge is 0.0543 e. The van der Waals surface area contributed by atoms with Gasteiger partial charge in [0.2, 0.25) is 0 Å². The maximum absolute atomic E-state index is 4.33. The van der Waals surface area contributed by atoms with Gasteiger partial charge in [0.25, 0.3) is 0 Å². The molecule has 1 aromatic rings. The number of rotatable bonds is 2. The maximum Gasteiger partial charge on any atom is 0.0543 e. The number of aromatic nitrogens is 1. The molecule has 1 aromatic heterocycles. The fourth-order valence-electron chi connectivity index (χ4n) is 1.84. The predicted octanol–water partition coefficient (Wildman–Crippen LogP) is 2.91. The summed E-state index contributed by atoms with van der Waals surface area (Å²) >= 11 is 0. The van der Waals surface area contributed by atoms with Crippen molar-refractivity contribution in [1.82, 2.24) is 9.88 Å². The summed E-state index contributed by atoms with van der Waals surface area (Å²) in [7, 11) is 0. The van der Waals surface area contributed by atoms with Crippen LogP contribution in [0.5, 0.6) is 0 Å². The van der Waals surface area contributed by atoms with Gasteiger partial charge in [0.1, 0.15) is 0 Å². The topological polar surface area (TPSA) is 16.1 Å². The van der Waals surface area contributed by atoms with Gasteiger partial charge in [-0.3, -0.25) is 9.88 Å². The lowest BCUT2D eigenvalue weighted by atomic mass is 10.1. The highest BCUT2D eigenvalue weighted by molar-refractivity contribution is 5.85. The highest BCUT2D eigenvalue weighted by atomic mass is 35.5. The minimum atomic E-state index is 0. The molecule has 4 heteroatoms. The number of nitrogens with zero attached hydrogens (tertiary/aromatic N) is 2. The second kappa shape index (κ2) is 7.91. The van der Waals surface area contributed by atoms with Crippen LogP contribution in [0.1, 0.15) is 25.0 Å². The molecule has 2 heterocycles. The van der Waals surface area contributed by atoms with E-state index in [0.717, 1.165) is 6.54 Å². The van der Waals surface area contributed by atoms with Crippen molar-refractivity contribution in [2.45, 2.75) is 25.8 Å². The summed E-state index contributed by atoms with van der Waals surface area (Å²) in [4.78, 5) is 6.82. The van der Waals surface area contributed by atoms with Crippen molar-refractivity contribution < 1.29 is 0 Å². The minimum absolute atomic E-state index is 0. The Bertz CT molecular complexity index is 248. The van der Waals surface area contributed by atoms with Crippen LogP contribution in [0, 0.1) is 0 Å². The van der Waals surface area contributed by atoms with Crippen molar-refractivity contribution in [2.75, 3.05) is 13.1 Å². The maximum atomic E-state index is 4.33. The molecular weight excluding hydrogens is 231 g/mol. The summed E-state index contributed by atoms with van der Waals surface area (Å²) in [6, 6.07) is 6.14. The van der Waals surface area contributed by atoms with E-state index in [1.807, 2.05) is 12.3 Å². The fourth-order valence-corrected chi connectivity index (χ4v) is 1.84. The first kappa shape index (κ1) is 14.7. The van der Waals surface area contributed by atoms with E-state index in [9.17, 15) is 0 Å². The molecule has 2 nitrogen and oxygen atoms in total. The molecule has 0 amide bonds. The van der Waals surface area contributed by atoms with Crippen LogP contribution in [0.2, 0.25) is 0 Å². The van der Waals surface area contributed by atoms with Crippen molar-refractivity contribution in [1.29, 1.82) is 0 Å². The number of halogens is 2. The van der Waals surface area contributed by atoms with E-state index in [1.54, 1.807) is 0 Å². The third kappa shape index (κ3) is 4.83. The standard InChI is InChI=1S/C11H16N2.2ClH/c1-4-8-13(9-5-1)10-11-6-2-3-7-12-11;;/h2-3,6-7H,1,4-5,8-10H2;2*1H. The molecule has 0 N–H and O–H groups in total. The Labute approximate surface area is 104 Å². The van der Waals surface area contributed by atoms with E-state index in [-0.39, 0.29) is 24.8 Å². The molecule has 1 aliphatic heterocycles. The molecule has 0 bridgehead atoms. The van der Waals surface area contributed by atoms with E-state index in [1.165, 1.54) is 38.0 Å². The molecule has 86 valence electrons. The molecule has 0 aliphatic carbocycles. The van der Waals surface area contributed by atoms with Crippen LogP contribution in [0.4, 0.5) is 0 Å². The number of pyridine rings is 1. The van der Waals surface area contributed by atoms with Gasteiger partial charge >= 0.3 is 0 Å². The summed E-state index contributed by atoms with van der Waals surface area (Å²) in [6.45, 7) is 3.52. The van der Waals surface area contributed by atoms with Crippen LogP contribution < -0.4 is 0 Å². The Hall–Kier alpha value is -0.310. The van der Waals surface area contributed by atoms with Crippen molar-refractivity contribution >= 4 is 24.8 Å². The summed E-state index contributed by atoms with van der Waals surface area (Å²) in [5.74, 6) is 0. The molecule has 1 saturated heterocycles. The SMILES string of the molecule is Cl.Cl.c1ccc(CN2CCCCC2)nc1. The predicted molar refractivity (Wildman–Crippen MR) is 67.9 cm³/mol. The molecule has 0 aromatic carbocycles. The van der Waals surface area contributed by atoms with Crippen LogP contribution in [0.15, 0.2) is 24.4 Å². The molecule has 1 aliphatic rings. The Morgan fingerprint density at radius 2 is 1.80 bits per heavy atom. The van der Waals surface area contributed by atoms with Gasteiger partial charge in [0.05, 0.1) is 5.69 Å². The largest absolute Gasteiger partial charge is 0.298 e. The van der Waals surface area contributed by atoms with Crippen molar-refractivity contribution in [3.05, 3.63) is 30.1 Å². The number of likely N-dealkylation sites (tertiary alicyclic amines) is 1. The van der Waals surface area contributed by atoms with Crippen molar-refractivity contribution in [3.8, 4) is 0 Å². The zero-order valence-electron chi connectivity index (χ0n) is 8.76. The normalized spacial score (nSPS) is 16.3. The van der Waals surface area contributed by atoms with Crippen LogP contribution in [0.3, 0.4) is 0 Å². The first-order valence-electron chi connectivity index (χ1n) is 5.07. The molecular formula is C11H18Cl2N2. The molecule has 0 unspecified atom stereocenters. The lowest BCUT2D eigenvalue weighted by Crippen LogP contribution is -2.29. The van der Waals surface area contributed by atoms with Crippen LogP contribution in [-0.2, 0) is 6.54 Å². The number of piperidine rings is 1. The molecule has 2 rings (SSSR count). The van der Waals surface area contributed by atoms with E-state index in [4.69, 9.17) is 0 Å². The highest BCUT2D eigenvalue weighted by Gasteiger charge is 2.10. The number of hydrogen-bond acceptors (Lipinski definition) is 2. The average Bonchev–Trinajstić information content (AvgIpc) is 2.21. The zero-order valence-corrected chi connectivity index (χ0v) is 10.4. The van der Waals surface area contributed by atoms with Gasteiger partial charge in [-0.15, -0.1) is 24.8 Å². The van der Waals surface area contributed by atoms with E-state index < -0.39 is 0 Å². The summed E-state index contributed by atoms with van der Waals surface area (Å²) in [6.07, 6.45) is 5.98. The van der Waals surface area contributed by atoms with Gasteiger partial charge < -0.3 is 0 Å². The Balaban J connectivity index is 0.000000980. The van der Waals surface area contributed by atoms with Gasteiger partial charge in [0, 0.05) is 12.7 Å². The first-order valence-corrected chi connectivity index (χ1v) is 5.07. The van der Waals surface area contributed by atoms with Crippen LogP contribution in [-0.4, -0.2) is 23.0 Å². The number of hydrogen-bond donors (Lipinski definition) is 0. The Morgan fingerprint density at radius 3 is 2.40 bits per heavy atom. The third-order valence-corrected chi connectivity index (χ3v) is 2.56. The third-order valence-electron chi connectivity index (χ3n) is 2.56. The fraction of sp³-hybridized carbons (Fsp3) is 0.545. The van der Waals surface area contributed by atoms with Gasteiger partial charge in [-0.25, -0.2) is 0 Å². The second-order valence-corrected chi connectivity index (χ2v) is 3.66. The second-order valence-electron chi connectivity index (χ2n) is 3.66. The molecule has 15 heavy (non-hydrogen) atoms. The van der Waals surface area contributed by atoms with Gasteiger partial charge in [-0.1, -0.05) is 12.5 Å². The molecule has 1 fully saturated rings. The lowest BCUT2D eigenvalue weighted by molar-refractivity contribution is 0.218. The van der Waals surface area contributed by atoms with Crippen LogP contribution >= 0.6 is 24.8 Å². The molecule has 0 radical (unpaired) electrons. The molecule has 0 atom stereocenters. The summed E-state index contributed by atoms with van der Waals surface area (Å²) in [5, 5.41) is 0. The quantitative estimate of drug-likeness (QED) is 0.801. The van der Waals surface area contributed by atoms with Crippen molar-refractivity contribution in [2.24, 2.45) is 0 Å². The monoisotopic (exact) mass is 248 g/mol. The first-order chi connectivity index (χ1) is 6.45. The molecule has 0 saturated carbocycles. The van der Waals surface area contributed by atoms with Gasteiger partial charge in [-0.05, 0) is 38.1 Å². The minimum Gasteiger partial charge on any atom is -0.298 e. The Kier molecular flexibility index (Phi) is 7.75.